The molecule has 0 aromatic heterocycles. The van der Waals surface area contributed by atoms with Crippen LogP contribution in [0, 0.1) is 10.7 Å². The van der Waals surface area contributed by atoms with E-state index in [1.807, 2.05) is 0 Å². The van der Waals surface area contributed by atoms with Crippen LogP contribution in [-0.4, -0.2) is 18.2 Å². The molecule has 22 heavy (non-hydrogen) atoms. The number of hydrogen-bond donors (Lipinski definition) is 1. The summed E-state index contributed by atoms with van der Waals surface area (Å²) in [4.78, 5) is 22.4. The fourth-order valence-electron chi connectivity index (χ4n) is 1.75. The Bertz CT molecular complexity index is 734. The van der Waals surface area contributed by atoms with Crippen molar-refractivity contribution in [1.82, 2.24) is 5.43 Å². The maximum atomic E-state index is 13.7. The Labute approximate surface area is 130 Å². The Morgan fingerprint density at radius 1 is 1.18 bits per heavy atom. The molecule has 2 rings (SSSR count). The highest BCUT2D eigenvalue weighted by atomic mass is 35.5. The van der Waals surface area contributed by atoms with Crippen LogP contribution >= 0.6 is 11.6 Å². The van der Waals surface area contributed by atoms with Gasteiger partial charge in [0.1, 0.15) is 12.4 Å². The highest BCUT2D eigenvalue weighted by Crippen LogP contribution is 2.11. The molecule has 0 radical (unpaired) electrons. The monoisotopic (exact) mass is 319 g/mol. The smallest absolute Gasteiger partial charge is 0.267 e. The van der Waals surface area contributed by atoms with E-state index in [1.54, 1.807) is 24.3 Å². The largest absolute Gasteiger partial charge is 0.271 e. The summed E-state index contributed by atoms with van der Waals surface area (Å²) in [5.74, 6) is -1.08. The zero-order valence-corrected chi connectivity index (χ0v) is 12.0. The molecule has 2 aromatic carbocycles. The van der Waals surface area contributed by atoms with Gasteiger partial charge in [-0.3, -0.25) is 4.79 Å². The molecular formula is C15H11ClFN3O2. The van der Waals surface area contributed by atoms with E-state index in [4.69, 9.17) is 11.6 Å². The first-order chi connectivity index (χ1) is 10.6. The molecule has 0 atom stereocenters. The van der Waals surface area contributed by atoms with E-state index < -0.39 is 11.7 Å². The number of nitroso groups, excluding NO2 is 1. The van der Waals surface area contributed by atoms with Gasteiger partial charge in [0.05, 0.1) is 5.71 Å². The predicted octanol–water partition coefficient (Wildman–Crippen LogP) is 3.38. The Morgan fingerprint density at radius 3 is 2.64 bits per heavy atom. The second kappa shape index (κ2) is 7.42. The molecule has 2 aromatic rings. The van der Waals surface area contributed by atoms with Crippen LogP contribution in [0.4, 0.5) is 4.39 Å². The first-order valence-corrected chi connectivity index (χ1v) is 6.66. The van der Waals surface area contributed by atoms with Gasteiger partial charge in [0, 0.05) is 16.1 Å². The van der Waals surface area contributed by atoms with E-state index in [9.17, 15) is 14.1 Å². The van der Waals surface area contributed by atoms with Crippen molar-refractivity contribution in [2.45, 2.75) is 0 Å². The minimum Gasteiger partial charge on any atom is -0.267 e. The molecule has 0 aliphatic carbocycles. The van der Waals surface area contributed by atoms with Crippen molar-refractivity contribution in [3.05, 3.63) is 75.4 Å². The molecule has 0 spiro atoms. The lowest BCUT2D eigenvalue weighted by atomic mass is 10.1. The van der Waals surface area contributed by atoms with Crippen molar-refractivity contribution in [3.63, 3.8) is 0 Å². The minimum atomic E-state index is -0.554. The molecule has 0 aliphatic rings. The van der Waals surface area contributed by atoms with Crippen LogP contribution < -0.4 is 5.43 Å². The Morgan fingerprint density at radius 2 is 1.95 bits per heavy atom. The summed E-state index contributed by atoms with van der Waals surface area (Å²) < 4.78 is 13.7. The first-order valence-electron chi connectivity index (χ1n) is 6.28. The third kappa shape index (κ3) is 3.95. The maximum Gasteiger partial charge on any atom is 0.271 e. The Kier molecular flexibility index (Phi) is 5.32. The standard InChI is InChI=1S/C15H11ClFN3O2/c16-11-5-3-4-10(8-11)15(21)20-19-14(9-18-22)12-6-1-2-7-13(12)17/h1-8H,9H2,(H,20,21). The second-order valence-corrected chi connectivity index (χ2v) is 4.71. The lowest BCUT2D eigenvalue weighted by Crippen LogP contribution is -2.21. The summed E-state index contributed by atoms with van der Waals surface area (Å²) in [5.41, 5.74) is 2.69. The van der Waals surface area contributed by atoms with E-state index in [0.29, 0.717) is 10.6 Å². The maximum absolute atomic E-state index is 13.7. The SMILES string of the molecule is O=NCC(=NNC(=O)c1cccc(Cl)c1)c1ccccc1F. The number of rotatable bonds is 5. The summed E-state index contributed by atoms with van der Waals surface area (Å²) in [6, 6.07) is 12.0. The highest BCUT2D eigenvalue weighted by molar-refractivity contribution is 6.30. The molecule has 0 heterocycles. The molecule has 112 valence electrons. The third-order valence-corrected chi connectivity index (χ3v) is 3.01. The van der Waals surface area contributed by atoms with Gasteiger partial charge >= 0.3 is 0 Å². The summed E-state index contributed by atoms with van der Waals surface area (Å²) in [6.45, 7) is -0.364. The van der Waals surface area contributed by atoms with Gasteiger partial charge in [-0.05, 0) is 24.3 Å². The van der Waals surface area contributed by atoms with Crippen molar-refractivity contribution in [2.75, 3.05) is 6.54 Å². The number of amides is 1. The fourth-order valence-corrected chi connectivity index (χ4v) is 1.94. The molecular weight excluding hydrogens is 309 g/mol. The van der Waals surface area contributed by atoms with Gasteiger partial charge in [0.25, 0.3) is 5.91 Å². The van der Waals surface area contributed by atoms with Crippen molar-refractivity contribution in [1.29, 1.82) is 0 Å². The summed E-state index contributed by atoms with van der Waals surface area (Å²) in [6.07, 6.45) is 0. The average molecular weight is 320 g/mol. The van der Waals surface area contributed by atoms with E-state index in [2.05, 4.69) is 15.7 Å². The lowest BCUT2D eigenvalue weighted by molar-refractivity contribution is 0.0955. The van der Waals surface area contributed by atoms with Crippen molar-refractivity contribution >= 4 is 23.2 Å². The number of benzene rings is 2. The van der Waals surface area contributed by atoms with E-state index in [0.717, 1.165) is 0 Å². The summed E-state index contributed by atoms with van der Waals surface area (Å²) in [5, 5.41) is 6.89. The van der Waals surface area contributed by atoms with E-state index in [1.165, 1.54) is 24.3 Å². The van der Waals surface area contributed by atoms with E-state index in [-0.39, 0.29) is 17.8 Å². The quantitative estimate of drug-likeness (QED) is 0.521. The number of nitrogens with one attached hydrogen (secondary N) is 1. The predicted molar refractivity (Wildman–Crippen MR) is 82.5 cm³/mol. The normalized spacial score (nSPS) is 11.1. The average Bonchev–Trinajstić information content (AvgIpc) is 2.52. The molecule has 0 unspecified atom stereocenters. The molecule has 5 nitrogen and oxygen atoms in total. The van der Waals surface area contributed by atoms with Crippen LogP contribution in [0.25, 0.3) is 0 Å². The number of carbonyl (C=O) groups excluding carboxylic acids is 1. The van der Waals surface area contributed by atoms with Crippen molar-refractivity contribution in [3.8, 4) is 0 Å². The molecule has 0 saturated heterocycles. The van der Waals surface area contributed by atoms with E-state index >= 15 is 0 Å². The van der Waals surface area contributed by atoms with Crippen LogP contribution in [0.5, 0.6) is 0 Å². The third-order valence-electron chi connectivity index (χ3n) is 2.78. The van der Waals surface area contributed by atoms with Crippen LogP contribution in [0.3, 0.4) is 0 Å². The fraction of sp³-hybridized carbons (Fsp3) is 0.0667. The zero-order valence-electron chi connectivity index (χ0n) is 11.3. The molecule has 0 fully saturated rings. The van der Waals surface area contributed by atoms with Crippen molar-refractivity contribution in [2.24, 2.45) is 10.3 Å². The van der Waals surface area contributed by atoms with Gasteiger partial charge in [-0.1, -0.05) is 41.0 Å². The molecule has 0 aliphatic heterocycles. The van der Waals surface area contributed by atoms with Gasteiger partial charge < -0.3 is 0 Å². The molecule has 7 heteroatoms. The topological polar surface area (TPSA) is 70.9 Å². The summed E-state index contributed by atoms with van der Waals surface area (Å²) >= 11 is 5.80. The number of nitrogens with zero attached hydrogens (tertiary/aromatic N) is 2. The molecule has 0 saturated carbocycles. The minimum absolute atomic E-state index is 0.0310. The number of hydrazone groups is 1. The Balaban J connectivity index is 2.22. The van der Waals surface area contributed by atoms with Gasteiger partial charge in [0.15, 0.2) is 0 Å². The Hall–Kier alpha value is -2.60. The highest BCUT2D eigenvalue weighted by Gasteiger charge is 2.11. The second-order valence-electron chi connectivity index (χ2n) is 4.28. The number of hydrogen-bond acceptors (Lipinski definition) is 4. The van der Waals surface area contributed by atoms with Gasteiger partial charge in [-0.15, -0.1) is 0 Å². The zero-order chi connectivity index (χ0) is 15.9. The van der Waals surface area contributed by atoms with Crippen LogP contribution in [0.1, 0.15) is 15.9 Å². The van der Waals surface area contributed by atoms with Gasteiger partial charge in [0.2, 0.25) is 0 Å². The van der Waals surface area contributed by atoms with Crippen LogP contribution in [-0.2, 0) is 0 Å². The lowest BCUT2D eigenvalue weighted by Gasteiger charge is -2.05. The van der Waals surface area contributed by atoms with Crippen molar-refractivity contribution < 1.29 is 9.18 Å². The van der Waals surface area contributed by atoms with Crippen LogP contribution in [0.2, 0.25) is 5.02 Å². The van der Waals surface area contributed by atoms with Gasteiger partial charge in [-0.2, -0.15) is 10.0 Å². The summed E-state index contributed by atoms with van der Waals surface area (Å²) in [7, 11) is 0. The number of halogens is 2. The first kappa shape index (κ1) is 15.8. The van der Waals surface area contributed by atoms with Crippen LogP contribution in [0.15, 0.2) is 58.8 Å². The molecule has 1 amide bonds. The number of carbonyl (C=O) groups is 1. The molecule has 0 bridgehead atoms. The molecule has 1 N–H and O–H groups in total. The van der Waals surface area contributed by atoms with Gasteiger partial charge in [-0.25, -0.2) is 9.82 Å².